The maximum absolute atomic E-state index is 6.27. The molecule has 18 heavy (non-hydrogen) atoms. The lowest BCUT2D eigenvalue weighted by Gasteiger charge is -2.09. The number of aliphatic imine (C=N–C) groups is 1. The molecule has 1 atom stereocenters. The van der Waals surface area contributed by atoms with Gasteiger partial charge in [0.05, 0.1) is 16.8 Å². The van der Waals surface area contributed by atoms with Crippen LogP contribution in [0.15, 0.2) is 78.3 Å². The monoisotopic (exact) mass is 255 g/mol. The van der Waals surface area contributed by atoms with Crippen LogP contribution in [-0.4, -0.2) is 11.1 Å². The van der Waals surface area contributed by atoms with Crippen LogP contribution in [0.25, 0.3) is 0 Å². The van der Waals surface area contributed by atoms with Gasteiger partial charge in [-0.25, -0.2) is 0 Å². The molecule has 0 aliphatic heterocycles. The minimum Gasteiger partial charge on any atom is -0.251 e. The first kappa shape index (κ1) is 12.6. The second-order valence-electron chi connectivity index (χ2n) is 3.84. The Kier molecular flexibility index (Phi) is 4.32. The van der Waals surface area contributed by atoms with E-state index in [0.717, 1.165) is 17.0 Å². The first-order valence-electron chi connectivity index (χ1n) is 5.77. The van der Waals surface area contributed by atoms with Gasteiger partial charge in [0.1, 0.15) is 0 Å². The van der Waals surface area contributed by atoms with Crippen LogP contribution in [0.5, 0.6) is 0 Å². The van der Waals surface area contributed by atoms with Crippen LogP contribution in [0, 0.1) is 0 Å². The fraction of sp³-hybridized carbons (Fsp3) is 0.0625. The van der Waals surface area contributed by atoms with Gasteiger partial charge in [-0.2, -0.15) is 0 Å². The molecular formula is C16H14ClN. The van der Waals surface area contributed by atoms with Crippen molar-refractivity contribution in [3.63, 3.8) is 0 Å². The van der Waals surface area contributed by atoms with Gasteiger partial charge in [0.15, 0.2) is 0 Å². The van der Waals surface area contributed by atoms with Crippen molar-refractivity contribution in [2.75, 3.05) is 0 Å². The number of para-hydroxylation sites is 1. The first-order chi connectivity index (χ1) is 8.81. The normalized spacial score (nSPS) is 13.1. The maximum atomic E-state index is 6.27. The van der Waals surface area contributed by atoms with E-state index in [9.17, 15) is 0 Å². The third-order valence-electron chi connectivity index (χ3n) is 2.54. The van der Waals surface area contributed by atoms with E-state index >= 15 is 0 Å². The standard InChI is InChI=1S/C16H14ClN/c1-2-15(17)16(13-9-5-3-6-10-13)18-14-11-7-4-8-12-14/h2-12,15H,1H2. The smallest absolute Gasteiger partial charge is 0.0941 e. The van der Waals surface area contributed by atoms with Crippen LogP contribution in [-0.2, 0) is 0 Å². The minimum atomic E-state index is -0.299. The molecule has 90 valence electrons. The Morgan fingerprint density at radius 2 is 1.56 bits per heavy atom. The number of benzene rings is 2. The Labute approximate surface area is 112 Å². The molecule has 1 nitrogen and oxygen atoms in total. The van der Waals surface area contributed by atoms with Crippen LogP contribution < -0.4 is 0 Å². The van der Waals surface area contributed by atoms with E-state index in [1.54, 1.807) is 6.08 Å². The van der Waals surface area contributed by atoms with E-state index < -0.39 is 0 Å². The molecule has 0 spiro atoms. The van der Waals surface area contributed by atoms with Crippen molar-refractivity contribution >= 4 is 23.0 Å². The van der Waals surface area contributed by atoms with Gasteiger partial charge in [-0.1, -0.05) is 54.6 Å². The lowest BCUT2D eigenvalue weighted by atomic mass is 10.1. The van der Waals surface area contributed by atoms with Gasteiger partial charge in [0, 0.05) is 0 Å². The Bertz CT molecular complexity index is 532. The largest absolute Gasteiger partial charge is 0.251 e. The van der Waals surface area contributed by atoms with Crippen LogP contribution in [0.3, 0.4) is 0 Å². The van der Waals surface area contributed by atoms with Gasteiger partial charge >= 0.3 is 0 Å². The molecule has 0 saturated carbocycles. The second-order valence-corrected chi connectivity index (χ2v) is 4.31. The molecule has 0 N–H and O–H groups in total. The molecule has 0 bridgehead atoms. The van der Waals surface area contributed by atoms with Crippen molar-refractivity contribution in [3.05, 3.63) is 78.9 Å². The summed E-state index contributed by atoms with van der Waals surface area (Å²) in [6.07, 6.45) is 1.69. The number of hydrogen-bond acceptors (Lipinski definition) is 1. The fourth-order valence-corrected chi connectivity index (χ4v) is 1.82. The Morgan fingerprint density at radius 3 is 2.11 bits per heavy atom. The molecule has 0 amide bonds. The molecule has 2 aromatic carbocycles. The SMILES string of the molecule is C=CC(Cl)C(=Nc1ccccc1)c1ccccc1. The Morgan fingerprint density at radius 1 is 1.00 bits per heavy atom. The fourth-order valence-electron chi connectivity index (χ4n) is 1.65. The molecule has 0 radical (unpaired) electrons. The molecule has 0 heterocycles. The third-order valence-corrected chi connectivity index (χ3v) is 2.93. The summed E-state index contributed by atoms with van der Waals surface area (Å²) in [6, 6.07) is 19.7. The summed E-state index contributed by atoms with van der Waals surface area (Å²) in [5, 5.41) is -0.299. The number of halogens is 1. The summed E-state index contributed by atoms with van der Waals surface area (Å²) in [5.41, 5.74) is 2.73. The van der Waals surface area contributed by atoms with Crippen molar-refractivity contribution < 1.29 is 0 Å². The van der Waals surface area contributed by atoms with Crippen LogP contribution in [0.4, 0.5) is 5.69 Å². The number of allylic oxidation sites excluding steroid dienone is 1. The molecule has 0 aliphatic rings. The van der Waals surface area contributed by atoms with E-state index in [0.29, 0.717) is 0 Å². The second kappa shape index (κ2) is 6.18. The Balaban J connectivity index is 2.44. The molecule has 0 aliphatic carbocycles. The maximum Gasteiger partial charge on any atom is 0.0941 e. The molecule has 1 unspecified atom stereocenters. The number of nitrogens with zero attached hydrogens (tertiary/aromatic N) is 1. The van der Waals surface area contributed by atoms with E-state index in [-0.39, 0.29) is 5.38 Å². The highest BCUT2D eigenvalue weighted by molar-refractivity contribution is 6.36. The number of rotatable bonds is 4. The lowest BCUT2D eigenvalue weighted by Crippen LogP contribution is -2.13. The topological polar surface area (TPSA) is 12.4 Å². The predicted molar refractivity (Wildman–Crippen MR) is 78.9 cm³/mol. The van der Waals surface area contributed by atoms with Crippen molar-refractivity contribution in [1.82, 2.24) is 0 Å². The van der Waals surface area contributed by atoms with E-state index in [1.807, 2.05) is 60.7 Å². The van der Waals surface area contributed by atoms with E-state index in [1.165, 1.54) is 0 Å². The molecule has 2 heteroatoms. The third kappa shape index (κ3) is 3.08. The summed E-state index contributed by atoms with van der Waals surface area (Å²) in [7, 11) is 0. The molecular weight excluding hydrogens is 242 g/mol. The van der Waals surface area contributed by atoms with E-state index in [4.69, 9.17) is 11.6 Å². The molecule has 2 rings (SSSR count). The highest BCUT2D eigenvalue weighted by Gasteiger charge is 2.11. The average molecular weight is 256 g/mol. The quantitative estimate of drug-likeness (QED) is 0.430. The van der Waals surface area contributed by atoms with Crippen molar-refractivity contribution in [2.45, 2.75) is 5.38 Å². The summed E-state index contributed by atoms with van der Waals surface area (Å²) >= 11 is 6.27. The van der Waals surface area contributed by atoms with Crippen molar-refractivity contribution in [3.8, 4) is 0 Å². The highest BCUT2D eigenvalue weighted by Crippen LogP contribution is 2.17. The van der Waals surface area contributed by atoms with Gasteiger partial charge in [-0.15, -0.1) is 18.2 Å². The summed E-state index contributed by atoms with van der Waals surface area (Å²) in [4.78, 5) is 4.61. The zero-order valence-electron chi connectivity index (χ0n) is 9.96. The highest BCUT2D eigenvalue weighted by atomic mass is 35.5. The summed E-state index contributed by atoms with van der Waals surface area (Å²) in [6.45, 7) is 3.74. The first-order valence-corrected chi connectivity index (χ1v) is 6.20. The van der Waals surface area contributed by atoms with Crippen LogP contribution in [0.1, 0.15) is 5.56 Å². The minimum absolute atomic E-state index is 0.299. The molecule has 2 aromatic rings. The zero-order valence-corrected chi connectivity index (χ0v) is 10.7. The van der Waals surface area contributed by atoms with E-state index in [2.05, 4.69) is 11.6 Å². The van der Waals surface area contributed by atoms with Crippen molar-refractivity contribution in [2.24, 2.45) is 4.99 Å². The van der Waals surface area contributed by atoms with Crippen LogP contribution >= 0.6 is 11.6 Å². The number of alkyl halides is 1. The summed E-state index contributed by atoms with van der Waals surface area (Å²) in [5.74, 6) is 0. The number of hydrogen-bond donors (Lipinski definition) is 0. The average Bonchev–Trinajstić information content (AvgIpc) is 2.46. The zero-order chi connectivity index (χ0) is 12.8. The summed E-state index contributed by atoms with van der Waals surface area (Å²) < 4.78 is 0. The molecule has 0 fully saturated rings. The molecule has 0 saturated heterocycles. The van der Waals surface area contributed by atoms with Crippen LogP contribution in [0.2, 0.25) is 0 Å². The molecule has 0 aromatic heterocycles. The van der Waals surface area contributed by atoms with Gasteiger partial charge < -0.3 is 0 Å². The Hall–Kier alpha value is -1.86. The van der Waals surface area contributed by atoms with Gasteiger partial charge in [-0.3, -0.25) is 4.99 Å². The lowest BCUT2D eigenvalue weighted by molar-refractivity contribution is 1.39. The predicted octanol–water partition coefficient (Wildman–Crippen LogP) is 4.60. The van der Waals surface area contributed by atoms with Gasteiger partial charge in [-0.05, 0) is 17.7 Å². The van der Waals surface area contributed by atoms with Gasteiger partial charge in [0.25, 0.3) is 0 Å². The van der Waals surface area contributed by atoms with Gasteiger partial charge in [0.2, 0.25) is 0 Å². The van der Waals surface area contributed by atoms with Crippen molar-refractivity contribution in [1.29, 1.82) is 0 Å².